The second-order valence-electron chi connectivity index (χ2n) is 9.50. The molecule has 2 aliphatic rings. The van der Waals surface area contributed by atoms with Crippen LogP contribution < -0.4 is 15.0 Å². The van der Waals surface area contributed by atoms with Gasteiger partial charge in [0, 0.05) is 34.5 Å². The summed E-state index contributed by atoms with van der Waals surface area (Å²) in [6, 6.07) is 18.3. The number of ether oxygens (including phenoxy) is 1. The van der Waals surface area contributed by atoms with Crippen LogP contribution in [-0.4, -0.2) is 31.2 Å². The molecule has 6 nitrogen and oxygen atoms in total. The molecule has 0 saturated heterocycles. The van der Waals surface area contributed by atoms with Crippen LogP contribution in [0.15, 0.2) is 66.7 Å². The fraction of sp³-hybridized carbons (Fsp3) is 0.276. The lowest BCUT2D eigenvalue weighted by Gasteiger charge is -2.28. The third-order valence-electron chi connectivity index (χ3n) is 7.38. The van der Waals surface area contributed by atoms with E-state index in [1.54, 1.807) is 23.1 Å². The van der Waals surface area contributed by atoms with Crippen LogP contribution in [0.5, 0.6) is 5.75 Å². The SMILES string of the molecule is COc1cc(C(=O)N2CCC3(CCCC3=N)Cc3ccccc32)ccc1NC(=O)c1cccc(F)c1. The molecule has 1 aliphatic carbocycles. The largest absolute Gasteiger partial charge is 0.495 e. The van der Waals surface area contributed by atoms with Gasteiger partial charge in [0.2, 0.25) is 0 Å². The van der Waals surface area contributed by atoms with E-state index in [0.29, 0.717) is 23.5 Å². The molecule has 3 aromatic carbocycles. The minimum absolute atomic E-state index is 0.162. The Balaban J connectivity index is 1.42. The van der Waals surface area contributed by atoms with Crippen LogP contribution in [0.25, 0.3) is 0 Å². The molecule has 3 aromatic rings. The second-order valence-corrected chi connectivity index (χ2v) is 9.50. The van der Waals surface area contributed by atoms with E-state index in [1.165, 1.54) is 25.3 Å². The summed E-state index contributed by atoms with van der Waals surface area (Å²) in [5.41, 5.74) is 3.59. The zero-order valence-corrected chi connectivity index (χ0v) is 20.1. The maximum absolute atomic E-state index is 13.7. The van der Waals surface area contributed by atoms with Gasteiger partial charge in [-0.1, -0.05) is 24.3 Å². The van der Waals surface area contributed by atoms with Gasteiger partial charge < -0.3 is 20.4 Å². The molecule has 5 rings (SSSR count). The fourth-order valence-electron chi connectivity index (χ4n) is 5.43. The first-order chi connectivity index (χ1) is 17.4. The van der Waals surface area contributed by atoms with E-state index in [-0.39, 0.29) is 16.9 Å². The molecule has 1 unspecified atom stereocenters. The maximum atomic E-state index is 13.7. The Bertz CT molecular complexity index is 1360. The van der Waals surface area contributed by atoms with Crippen molar-refractivity contribution in [2.24, 2.45) is 5.41 Å². The van der Waals surface area contributed by atoms with Gasteiger partial charge in [-0.25, -0.2) is 4.39 Å². The highest BCUT2D eigenvalue weighted by molar-refractivity contribution is 6.09. The van der Waals surface area contributed by atoms with Gasteiger partial charge in [-0.15, -0.1) is 0 Å². The van der Waals surface area contributed by atoms with Gasteiger partial charge >= 0.3 is 0 Å². The zero-order chi connectivity index (χ0) is 25.3. The molecular formula is C29H28FN3O3. The van der Waals surface area contributed by atoms with E-state index < -0.39 is 11.7 Å². The smallest absolute Gasteiger partial charge is 0.258 e. The first-order valence-corrected chi connectivity index (χ1v) is 12.1. The average Bonchev–Trinajstić information content (AvgIpc) is 3.14. The first kappa shape index (κ1) is 23.7. The topological polar surface area (TPSA) is 82.5 Å². The summed E-state index contributed by atoms with van der Waals surface area (Å²) in [5.74, 6) is -0.798. The number of amides is 2. The Hall–Kier alpha value is -4.00. The van der Waals surface area contributed by atoms with Crippen LogP contribution >= 0.6 is 0 Å². The lowest BCUT2D eigenvalue weighted by Crippen LogP contribution is -2.34. The van der Waals surface area contributed by atoms with Gasteiger partial charge in [0.25, 0.3) is 11.8 Å². The number of carbonyl (C=O) groups is 2. The molecule has 1 saturated carbocycles. The van der Waals surface area contributed by atoms with E-state index in [9.17, 15) is 14.0 Å². The van der Waals surface area contributed by atoms with Crippen LogP contribution in [-0.2, 0) is 6.42 Å². The van der Waals surface area contributed by atoms with E-state index in [4.69, 9.17) is 10.1 Å². The quantitative estimate of drug-likeness (QED) is 0.485. The Morgan fingerprint density at radius 2 is 1.86 bits per heavy atom. The van der Waals surface area contributed by atoms with Crippen molar-refractivity contribution < 1.29 is 18.7 Å². The summed E-state index contributed by atoms with van der Waals surface area (Å²) in [6.07, 6.45) is 4.37. The van der Waals surface area contributed by atoms with E-state index in [0.717, 1.165) is 55.1 Å². The molecule has 36 heavy (non-hydrogen) atoms. The number of hydrogen-bond donors (Lipinski definition) is 2. The maximum Gasteiger partial charge on any atom is 0.258 e. The molecule has 0 aromatic heterocycles. The molecule has 1 atom stereocenters. The van der Waals surface area contributed by atoms with Crippen LogP contribution in [0.1, 0.15) is 52.0 Å². The van der Waals surface area contributed by atoms with E-state index >= 15 is 0 Å². The molecule has 1 fully saturated rings. The average molecular weight is 486 g/mol. The summed E-state index contributed by atoms with van der Waals surface area (Å²) in [4.78, 5) is 28.1. The number of methoxy groups -OCH3 is 1. The van der Waals surface area contributed by atoms with Gasteiger partial charge in [-0.2, -0.15) is 0 Å². The number of nitrogens with one attached hydrogen (secondary N) is 2. The lowest BCUT2D eigenvalue weighted by molar-refractivity contribution is 0.0984. The summed E-state index contributed by atoms with van der Waals surface area (Å²) in [6.45, 7) is 0.526. The van der Waals surface area contributed by atoms with Crippen LogP contribution in [0.4, 0.5) is 15.8 Å². The van der Waals surface area contributed by atoms with Gasteiger partial charge in [-0.3, -0.25) is 9.59 Å². The highest BCUT2D eigenvalue weighted by atomic mass is 19.1. The molecule has 2 amide bonds. The van der Waals surface area contributed by atoms with Gasteiger partial charge in [0.1, 0.15) is 11.6 Å². The number of carbonyl (C=O) groups excluding carboxylic acids is 2. The van der Waals surface area contributed by atoms with Crippen molar-refractivity contribution in [2.75, 3.05) is 23.9 Å². The normalized spacial score (nSPS) is 19.1. The number of rotatable bonds is 4. The zero-order valence-electron chi connectivity index (χ0n) is 20.1. The molecule has 7 heteroatoms. The monoisotopic (exact) mass is 485 g/mol. The van der Waals surface area contributed by atoms with Crippen LogP contribution in [0.2, 0.25) is 0 Å². The molecule has 2 N–H and O–H groups in total. The molecule has 184 valence electrons. The summed E-state index contributed by atoms with van der Waals surface area (Å²) in [5, 5.41) is 11.3. The molecule has 1 aliphatic heterocycles. The molecule has 1 heterocycles. The van der Waals surface area contributed by atoms with Crippen LogP contribution in [0, 0.1) is 16.6 Å². The van der Waals surface area contributed by atoms with Crippen molar-refractivity contribution in [3.8, 4) is 5.75 Å². The highest BCUT2D eigenvalue weighted by Crippen LogP contribution is 2.45. The number of hydrogen-bond acceptors (Lipinski definition) is 4. The Labute approximate surface area is 209 Å². The second kappa shape index (κ2) is 9.57. The van der Waals surface area contributed by atoms with E-state index in [2.05, 4.69) is 11.4 Å². The van der Waals surface area contributed by atoms with E-state index in [1.807, 2.05) is 18.2 Å². The third-order valence-corrected chi connectivity index (χ3v) is 7.38. The Kier molecular flexibility index (Phi) is 6.31. The standard InChI is InChI=1S/C29H28FN3O3/c1-36-25-17-20(11-12-23(25)32-27(34)19-7-4-8-22(30)16-19)28(35)33-15-14-29(13-5-10-26(29)31)18-21-6-2-3-9-24(21)33/h2-4,6-9,11-12,16-17,31H,5,10,13-15,18H2,1H3,(H,32,34). The number of fused-ring (bicyclic) bond motifs is 1. The highest BCUT2D eigenvalue weighted by Gasteiger charge is 2.42. The van der Waals surface area contributed by atoms with Crippen molar-refractivity contribution in [2.45, 2.75) is 32.1 Å². The molecule has 0 bridgehead atoms. The predicted molar refractivity (Wildman–Crippen MR) is 138 cm³/mol. The number of para-hydroxylation sites is 1. The molecule has 0 radical (unpaired) electrons. The van der Waals surface area contributed by atoms with Gasteiger partial charge in [-0.05, 0) is 80.1 Å². The van der Waals surface area contributed by atoms with Crippen molar-refractivity contribution in [3.05, 3.63) is 89.2 Å². The third kappa shape index (κ3) is 4.37. The number of halogens is 1. The minimum atomic E-state index is -0.497. The minimum Gasteiger partial charge on any atom is -0.495 e. The number of nitrogens with zero attached hydrogens (tertiary/aromatic N) is 1. The van der Waals surface area contributed by atoms with Crippen LogP contribution in [0.3, 0.4) is 0 Å². The lowest BCUT2D eigenvalue weighted by atomic mass is 9.76. The van der Waals surface area contributed by atoms with Crippen molar-refractivity contribution >= 4 is 28.9 Å². The first-order valence-electron chi connectivity index (χ1n) is 12.1. The Morgan fingerprint density at radius 3 is 2.61 bits per heavy atom. The van der Waals surface area contributed by atoms with Gasteiger partial charge in [0.15, 0.2) is 0 Å². The van der Waals surface area contributed by atoms with Crippen molar-refractivity contribution in [1.29, 1.82) is 5.41 Å². The summed E-state index contributed by atoms with van der Waals surface area (Å²) >= 11 is 0. The van der Waals surface area contributed by atoms with Crippen molar-refractivity contribution in [3.63, 3.8) is 0 Å². The number of anilines is 2. The van der Waals surface area contributed by atoms with Crippen molar-refractivity contribution in [1.82, 2.24) is 0 Å². The molecule has 1 spiro atoms. The van der Waals surface area contributed by atoms with Gasteiger partial charge in [0.05, 0.1) is 12.8 Å². The predicted octanol–water partition coefficient (Wildman–Crippen LogP) is 5.87. The fourth-order valence-corrected chi connectivity index (χ4v) is 5.43. The number of benzene rings is 3. The molecular weight excluding hydrogens is 457 g/mol. The summed E-state index contributed by atoms with van der Waals surface area (Å²) in [7, 11) is 1.47. The summed E-state index contributed by atoms with van der Waals surface area (Å²) < 4.78 is 19.0. The Morgan fingerprint density at radius 1 is 1.03 bits per heavy atom.